The molecule has 14 heavy (non-hydrogen) atoms. The van der Waals surface area contributed by atoms with E-state index in [1.165, 1.54) is 0 Å². The summed E-state index contributed by atoms with van der Waals surface area (Å²) in [4.78, 5) is 0. The van der Waals surface area contributed by atoms with Crippen LogP contribution in [0, 0.1) is 0 Å². The average molecular weight is 235 g/mol. The van der Waals surface area contributed by atoms with Crippen LogP contribution in [0.4, 0.5) is 0 Å². The maximum absolute atomic E-state index is 10.7. The third-order valence-corrected chi connectivity index (χ3v) is 2.45. The van der Waals surface area contributed by atoms with Gasteiger partial charge in [0, 0.05) is 6.42 Å². The van der Waals surface area contributed by atoms with Crippen molar-refractivity contribution in [1.29, 1.82) is 0 Å². The largest absolute Gasteiger partial charge is 0.265 e. The van der Waals surface area contributed by atoms with Gasteiger partial charge in [-0.25, -0.2) is 0 Å². The smallest absolute Gasteiger partial charge is 0.250 e. The van der Waals surface area contributed by atoms with Crippen LogP contribution in [0.5, 0.6) is 0 Å². The summed E-state index contributed by atoms with van der Waals surface area (Å²) in [5.74, 6) is 0. The van der Waals surface area contributed by atoms with Crippen molar-refractivity contribution in [3.8, 4) is 0 Å². The average Bonchev–Trinajstić information content (AvgIpc) is 2.02. The highest BCUT2D eigenvalue weighted by Gasteiger charge is 2.12. The molecule has 0 N–H and O–H groups in total. The first-order chi connectivity index (χ1) is 6.47. The molecule has 0 saturated heterocycles. The lowest BCUT2D eigenvalue weighted by molar-refractivity contribution is 0.289. The van der Waals surface area contributed by atoms with E-state index in [0.29, 0.717) is 6.42 Å². The molecule has 0 fully saturated rings. The lowest BCUT2D eigenvalue weighted by atomic mass is 10.2. The molecule has 0 aliphatic heterocycles. The van der Waals surface area contributed by atoms with Crippen molar-refractivity contribution in [2.45, 2.75) is 12.0 Å². The SMILES string of the molecule is CS(=O)(=O)OC(Cl)Cc1ccccc1. The molecule has 5 heteroatoms. The normalized spacial score (nSPS) is 13.9. The summed E-state index contributed by atoms with van der Waals surface area (Å²) in [5.41, 5.74) is 0.101. The van der Waals surface area contributed by atoms with Gasteiger partial charge in [-0.15, -0.1) is 0 Å². The number of hydrogen-bond acceptors (Lipinski definition) is 3. The minimum Gasteiger partial charge on any atom is -0.250 e. The summed E-state index contributed by atoms with van der Waals surface area (Å²) >= 11 is 5.70. The first-order valence-electron chi connectivity index (χ1n) is 4.03. The van der Waals surface area contributed by atoms with Crippen LogP contribution in [-0.4, -0.2) is 20.2 Å². The van der Waals surface area contributed by atoms with Crippen molar-refractivity contribution in [2.24, 2.45) is 0 Å². The molecule has 0 aliphatic rings. The molecule has 78 valence electrons. The number of rotatable bonds is 4. The van der Waals surface area contributed by atoms with Crippen LogP contribution in [0.2, 0.25) is 0 Å². The first-order valence-corrected chi connectivity index (χ1v) is 6.29. The summed E-state index contributed by atoms with van der Waals surface area (Å²) < 4.78 is 26.0. The minimum absolute atomic E-state index is 0.371. The standard InChI is InChI=1S/C9H11ClO3S/c1-14(11,12)13-9(10)7-8-5-3-2-4-6-8/h2-6,9H,7H2,1H3. The Morgan fingerprint density at radius 1 is 1.36 bits per heavy atom. The maximum Gasteiger partial charge on any atom is 0.265 e. The zero-order valence-corrected chi connectivity index (χ0v) is 9.25. The molecule has 0 bridgehead atoms. The molecule has 3 nitrogen and oxygen atoms in total. The van der Waals surface area contributed by atoms with E-state index in [1.54, 1.807) is 0 Å². The Kier molecular flexibility index (Phi) is 3.92. The van der Waals surface area contributed by atoms with Crippen molar-refractivity contribution in [3.63, 3.8) is 0 Å². The van der Waals surface area contributed by atoms with Gasteiger partial charge in [0.15, 0.2) is 5.56 Å². The van der Waals surface area contributed by atoms with E-state index < -0.39 is 15.7 Å². The van der Waals surface area contributed by atoms with Crippen molar-refractivity contribution in [3.05, 3.63) is 35.9 Å². The molecule has 1 unspecified atom stereocenters. The molecule has 1 atom stereocenters. The van der Waals surface area contributed by atoms with E-state index in [2.05, 4.69) is 4.18 Å². The highest BCUT2D eigenvalue weighted by Crippen LogP contribution is 2.11. The Labute approximate surface area is 88.8 Å². The first kappa shape index (κ1) is 11.5. The molecule has 1 rings (SSSR count). The Bertz CT molecular complexity index is 374. The molecule has 0 spiro atoms. The van der Waals surface area contributed by atoms with Crippen molar-refractivity contribution < 1.29 is 12.6 Å². The zero-order valence-electron chi connectivity index (χ0n) is 7.68. The molecular weight excluding hydrogens is 224 g/mol. The molecule has 0 radical (unpaired) electrons. The van der Waals surface area contributed by atoms with E-state index in [4.69, 9.17) is 11.6 Å². The van der Waals surface area contributed by atoms with Gasteiger partial charge in [0.05, 0.1) is 6.26 Å². The Morgan fingerprint density at radius 2 is 1.93 bits per heavy atom. The van der Waals surface area contributed by atoms with Crippen LogP contribution >= 0.6 is 11.6 Å². The Hall–Kier alpha value is -0.580. The molecule has 0 amide bonds. The zero-order chi connectivity index (χ0) is 10.6. The van der Waals surface area contributed by atoms with Gasteiger partial charge in [-0.05, 0) is 5.56 Å². The molecule has 0 aliphatic carbocycles. The van der Waals surface area contributed by atoms with E-state index in [-0.39, 0.29) is 0 Å². The van der Waals surface area contributed by atoms with E-state index in [1.807, 2.05) is 30.3 Å². The van der Waals surface area contributed by atoms with Gasteiger partial charge in [-0.3, -0.25) is 4.18 Å². The fourth-order valence-corrected chi connectivity index (χ4v) is 2.05. The molecule has 1 aromatic rings. The number of alkyl halides is 1. The molecular formula is C9H11ClO3S. The third kappa shape index (κ3) is 4.60. The van der Waals surface area contributed by atoms with Gasteiger partial charge in [0.1, 0.15) is 0 Å². The number of benzene rings is 1. The lowest BCUT2D eigenvalue weighted by Gasteiger charge is -2.08. The van der Waals surface area contributed by atoms with Gasteiger partial charge in [0.25, 0.3) is 10.1 Å². The molecule has 0 aromatic heterocycles. The van der Waals surface area contributed by atoms with E-state index >= 15 is 0 Å². The number of halogens is 1. The van der Waals surface area contributed by atoms with Crippen molar-refractivity contribution in [1.82, 2.24) is 0 Å². The second-order valence-corrected chi connectivity index (χ2v) is 4.99. The lowest BCUT2D eigenvalue weighted by Crippen LogP contribution is -2.14. The predicted molar refractivity (Wildman–Crippen MR) is 55.7 cm³/mol. The minimum atomic E-state index is -3.48. The number of hydrogen-bond donors (Lipinski definition) is 0. The summed E-state index contributed by atoms with van der Waals surface area (Å²) in [7, 11) is -3.48. The molecule has 0 heterocycles. The topological polar surface area (TPSA) is 43.4 Å². The quantitative estimate of drug-likeness (QED) is 0.589. The van der Waals surface area contributed by atoms with E-state index in [0.717, 1.165) is 11.8 Å². The van der Waals surface area contributed by atoms with Crippen molar-refractivity contribution in [2.75, 3.05) is 6.26 Å². The Morgan fingerprint density at radius 3 is 2.43 bits per heavy atom. The van der Waals surface area contributed by atoms with Crippen LogP contribution in [0.3, 0.4) is 0 Å². The van der Waals surface area contributed by atoms with E-state index in [9.17, 15) is 8.42 Å². The predicted octanol–water partition coefficient (Wildman–Crippen LogP) is 1.77. The van der Waals surface area contributed by atoms with Crippen molar-refractivity contribution >= 4 is 21.7 Å². The van der Waals surface area contributed by atoms with Gasteiger partial charge < -0.3 is 0 Å². The van der Waals surface area contributed by atoms with Gasteiger partial charge in [-0.1, -0.05) is 41.9 Å². The summed E-state index contributed by atoms with van der Waals surface area (Å²) in [5, 5.41) is 0. The molecule has 1 aromatic carbocycles. The van der Waals surface area contributed by atoms with Gasteiger partial charge in [-0.2, -0.15) is 8.42 Å². The van der Waals surface area contributed by atoms with Crippen LogP contribution in [0.1, 0.15) is 5.56 Å². The fourth-order valence-electron chi connectivity index (χ4n) is 1.02. The van der Waals surface area contributed by atoms with Crippen LogP contribution in [0.15, 0.2) is 30.3 Å². The second-order valence-electron chi connectivity index (χ2n) is 2.90. The highest BCUT2D eigenvalue weighted by molar-refractivity contribution is 7.86. The van der Waals surface area contributed by atoms with Gasteiger partial charge in [0.2, 0.25) is 0 Å². The Balaban J connectivity index is 2.54. The second kappa shape index (κ2) is 4.77. The maximum atomic E-state index is 10.7. The summed E-state index contributed by atoms with van der Waals surface area (Å²) in [6.45, 7) is 0. The highest BCUT2D eigenvalue weighted by atomic mass is 35.5. The van der Waals surface area contributed by atoms with Crippen LogP contribution in [0.25, 0.3) is 0 Å². The summed E-state index contributed by atoms with van der Waals surface area (Å²) in [6.07, 6.45) is 1.35. The van der Waals surface area contributed by atoms with Crippen LogP contribution in [-0.2, 0) is 20.7 Å². The third-order valence-electron chi connectivity index (χ3n) is 1.52. The fraction of sp³-hybridized carbons (Fsp3) is 0.333. The van der Waals surface area contributed by atoms with Gasteiger partial charge >= 0.3 is 0 Å². The van der Waals surface area contributed by atoms with Crippen LogP contribution < -0.4 is 0 Å². The monoisotopic (exact) mass is 234 g/mol. The molecule has 0 saturated carbocycles. The summed E-state index contributed by atoms with van der Waals surface area (Å²) in [6, 6.07) is 9.32.